The number of nitrogens with zero attached hydrogens (tertiary/aromatic N) is 4. The number of hydrogen-bond donors (Lipinski definition) is 1. The molecule has 2 heterocycles. The van der Waals surface area contributed by atoms with Crippen LogP contribution in [-0.4, -0.2) is 38.7 Å². The Balaban J connectivity index is 1.58. The van der Waals surface area contributed by atoms with Gasteiger partial charge in [-0.15, -0.1) is 0 Å². The standard InChI is InChI=1S/C19H27N5O/c1-3-24-18(20-14-21-24)15(2)22-19(25)17-9-7-16(8-10-17)13-23-11-5-4-6-12-23/h7-10,14-15H,3-6,11-13H2,1-2H3,(H,22,25)/t15-/m0/s1. The lowest BCUT2D eigenvalue weighted by Gasteiger charge is -2.26. The van der Waals surface area contributed by atoms with E-state index in [1.54, 1.807) is 4.68 Å². The summed E-state index contributed by atoms with van der Waals surface area (Å²) in [5.41, 5.74) is 1.94. The Morgan fingerprint density at radius 1 is 1.20 bits per heavy atom. The quantitative estimate of drug-likeness (QED) is 0.877. The van der Waals surface area contributed by atoms with Crippen LogP contribution in [0.3, 0.4) is 0 Å². The minimum atomic E-state index is -0.178. The van der Waals surface area contributed by atoms with Crippen molar-refractivity contribution < 1.29 is 4.79 Å². The topological polar surface area (TPSA) is 63.1 Å². The Morgan fingerprint density at radius 3 is 2.60 bits per heavy atom. The summed E-state index contributed by atoms with van der Waals surface area (Å²) in [5, 5.41) is 7.15. The van der Waals surface area contributed by atoms with Gasteiger partial charge in [0.05, 0.1) is 6.04 Å². The molecular formula is C19H27N5O. The van der Waals surface area contributed by atoms with E-state index in [4.69, 9.17) is 0 Å². The number of nitrogens with one attached hydrogen (secondary N) is 1. The van der Waals surface area contributed by atoms with Crippen LogP contribution in [0, 0.1) is 0 Å². The second kappa shape index (κ2) is 8.25. The number of aromatic nitrogens is 3. The summed E-state index contributed by atoms with van der Waals surface area (Å²) in [5.74, 6) is 0.695. The second-order valence-electron chi connectivity index (χ2n) is 6.66. The molecule has 6 nitrogen and oxygen atoms in total. The number of aryl methyl sites for hydroxylation is 1. The van der Waals surface area contributed by atoms with Gasteiger partial charge in [0.1, 0.15) is 12.2 Å². The number of carbonyl (C=O) groups is 1. The van der Waals surface area contributed by atoms with Crippen molar-refractivity contribution in [1.82, 2.24) is 25.0 Å². The summed E-state index contributed by atoms with van der Waals surface area (Å²) in [7, 11) is 0. The lowest BCUT2D eigenvalue weighted by atomic mass is 10.1. The van der Waals surface area contributed by atoms with E-state index in [-0.39, 0.29) is 11.9 Å². The average Bonchev–Trinajstić information content (AvgIpc) is 3.12. The van der Waals surface area contributed by atoms with Gasteiger partial charge in [0.25, 0.3) is 5.91 Å². The van der Waals surface area contributed by atoms with Gasteiger partial charge in [-0.05, 0) is 57.5 Å². The van der Waals surface area contributed by atoms with E-state index in [1.165, 1.54) is 44.2 Å². The van der Waals surface area contributed by atoms with Crippen molar-refractivity contribution >= 4 is 5.91 Å². The predicted molar refractivity (Wildman–Crippen MR) is 97.1 cm³/mol. The highest BCUT2D eigenvalue weighted by atomic mass is 16.1. The fourth-order valence-electron chi connectivity index (χ4n) is 3.33. The molecule has 1 aromatic carbocycles. The normalized spacial score (nSPS) is 16.6. The number of likely N-dealkylation sites (tertiary alicyclic amines) is 1. The zero-order valence-electron chi connectivity index (χ0n) is 15.1. The highest BCUT2D eigenvalue weighted by Crippen LogP contribution is 2.14. The largest absolute Gasteiger partial charge is 0.342 e. The molecule has 0 bridgehead atoms. The molecule has 1 fully saturated rings. The van der Waals surface area contributed by atoms with Crippen LogP contribution in [0.15, 0.2) is 30.6 Å². The molecule has 2 aromatic rings. The van der Waals surface area contributed by atoms with Crippen molar-refractivity contribution in [2.75, 3.05) is 13.1 Å². The molecule has 1 aliphatic heterocycles. The molecule has 0 spiro atoms. The summed E-state index contributed by atoms with van der Waals surface area (Å²) in [4.78, 5) is 19.2. The second-order valence-corrected chi connectivity index (χ2v) is 6.66. The maximum atomic E-state index is 12.5. The van der Waals surface area contributed by atoms with E-state index in [1.807, 2.05) is 26.0 Å². The first-order valence-corrected chi connectivity index (χ1v) is 9.17. The molecule has 1 atom stereocenters. The predicted octanol–water partition coefficient (Wildman–Crippen LogP) is 2.77. The number of amides is 1. The maximum Gasteiger partial charge on any atom is 0.251 e. The lowest BCUT2D eigenvalue weighted by Crippen LogP contribution is -2.29. The highest BCUT2D eigenvalue weighted by Gasteiger charge is 2.16. The van der Waals surface area contributed by atoms with Gasteiger partial charge in [-0.3, -0.25) is 9.69 Å². The Hall–Kier alpha value is -2.21. The van der Waals surface area contributed by atoms with Gasteiger partial charge in [0.2, 0.25) is 0 Å². The summed E-state index contributed by atoms with van der Waals surface area (Å²) >= 11 is 0. The lowest BCUT2D eigenvalue weighted by molar-refractivity contribution is 0.0937. The Bertz CT molecular complexity index is 688. The molecule has 134 valence electrons. The SMILES string of the molecule is CCn1ncnc1[C@H](C)NC(=O)c1ccc(CN2CCCCC2)cc1. The Morgan fingerprint density at radius 2 is 1.92 bits per heavy atom. The van der Waals surface area contributed by atoms with Crippen molar-refractivity contribution in [3.8, 4) is 0 Å². The summed E-state index contributed by atoms with van der Waals surface area (Å²) in [6.07, 6.45) is 5.46. The van der Waals surface area contributed by atoms with Crippen molar-refractivity contribution in [1.29, 1.82) is 0 Å². The van der Waals surface area contributed by atoms with Gasteiger partial charge < -0.3 is 5.32 Å². The van der Waals surface area contributed by atoms with E-state index in [2.05, 4.69) is 32.4 Å². The third-order valence-corrected chi connectivity index (χ3v) is 4.75. The Kier molecular flexibility index (Phi) is 5.81. The highest BCUT2D eigenvalue weighted by molar-refractivity contribution is 5.94. The zero-order chi connectivity index (χ0) is 17.6. The molecule has 1 amide bonds. The molecule has 25 heavy (non-hydrogen) atoms. The summed E-state index contributed by atoms with van der Waals surface area (Å²) in [6, 6.07) is 7.76. The van der Waals surface area contributed by atoms with Gasteiger partial charge in [-0.25, -0.2) is 9.67 Å². The third kappa shape index (κ3) is 4.45. The monoisotopic (exact) mass is 341 g/mol. The van der Waals surface area contributed by atoms with Crippen molar-refractivity contribution in [2.24, 2.45) is 0 Å². The summed E-state index contributed by atoms with van der Waals surface area (Å²) < 4.78 is 1.80. The van der Waals surface area contributed by atoms with E-state index in [9.17, 15) is 4.79 Å². The van der Waals surface area contributed by atoms with Gasteiger partial charge in [-0.1, -0.05) is 18.6 Å². The van der Waals surface area contributed by atoms with Crippen LogP contribution in [-0.2, 0) is 13.1 Å². The fourth-order valence-corrected chi connectivity index (χ4v) is 3.33. The molecule has 1 N–H and O–H groups in total. The van der Waals surface area contributed by atoms with Crippen molar-refractivity contribution in [3.63, 3.8) is 0 Å². The van der Waals surface area contributed by atoms with E-state index >= 15 is 0 Å². The molecule has 1 aromatic heterocycles. The van der Waals surface area contributed by atoms with Gasteiger partial charge in [0, 0.05) is 18.7 Å². The molecule has 3 rings (SSSR count). The van der Waals surface area contributed by atoms with Crippen LogP contribution in [0.25, 0.3) is 0 Å². The van der Waals surface area contributed by atoms with E-state index in [0.717, 1.165) is 18.9 Å². The van der Waals surface area contributed by atoms with Crippen LogP contribution >= 0.6 is 0 Å². The van der Waals surface area contributed by atoms with Crippen molar-refractivity contribution in [3.05, 3.63) is 47.5 Å². The molecule has 6 heteroatoms. The molecule has 0 aliphatic carbocycles. The van der Waals surface area contributed by atoms with E-state index in [0.29, 0.717) is 5.56 Å². The first-order valence-electron chi connectivity index (χ1n) is 9.17. The number of carbonyl (C=O) groups excluding carboxylic acids is 1. The minimum Gasteiger partial charge on any atom is -0.342 e. The van der Waals surface area contributed by atoms with Gasteiger partial charge >= 0.3 is 0 Å². The van der Waals surface area contributed by atoms with Crippen LogP contribution in [0.4, 0.5) is 0 Å². The fraction of sp³-hybridized carbons (Fsp3) is 0.526. The third-order valence-electron chi connectivity index (χ3n) is 4.75. The van der Waals surface area contributed by atoms with Crippen LogP contribution < -0.4 is 5.32 Å². The maximum absolute atomic E-state index is 12.5. The first kappa shape index (κ1) is 17.6. The number of benzene rings is 1. The van der Waals surface area contributed by atoms with Crippen LogP contribution in [0.2, 0.25) is 0 Å². The van der Waals surface area contributed by atoms with Gasteiger partial charge in [0.15, 0.2) is 0 Å². The molecule has 0 unspecified atom stereocenters. The number of hydrogen-bond acceptors (Lipinski definition) is 4. The number of rotatable bonds is 6. The zero-order valence-corrected chi connectivity index (χ0v) is 15.1. The first-order chi connectivity index (χ1) is 12.2. The van der Waals surface area contributed by atoms with E-state index < -0.39 is 0 Å². The minimum absolute atomic E-state index is 0.0809. The Labute approximate surface area is 149 Å². The molecular weight excluding hydrogens is 314 g/mol. The van der Waals surface area contributed by atoms with Crippen LogP contribution in [0.5, 0.6) is 0 Å². The number of piperidine rings is 1. The molecule has 0 radical (unpaired) electrons. The molecule has 1 aliphatic rings. The van der Waals surface area contributed by atoms with Gasteiger partial charge in [-0.2, -0.15) is 5.10 Å². The van der Waals surface area contributed by atoms with Crippen molar-refractivity contribution in [2.45, 2.75) is 52.2 Å². The smallest absolute Gasteiger partial charge is 0.251 e. The molecule has 1 saturated heterocycles. The van der Waals surface area contributed by atoms with Crippen LogP contribution in [0.1, 0.15) is 60.9 Å². The average molecular weight is 341 g/mol. The molecule has 0 saturated carbocycles. The summed E-state index contributed by atoms with van der Waals surface area (Å²) in [6.45, 7) is 8.00.